The van der Waals surface area contributed by atoms with Crippen molar-refractivity contribution in [1.29, 1.82) is 0 Å². The molecule has 1 aromatic carbocycles. The summed E-state index contributed by atoms with van der Waals surface area (Å²) in [7, 11) is 0. The summed E-state index contributed by atoms with van der Waals surface area (Å²) >= 11 is 0. The molecule has 1 atom stereocenters. The van der Waals surface area contributed by atoms with Gasteiger partial charge in [0.15, 0.2) is 5.84 Å². The number of oxime groups is 1. The van der Waals surface area contributed by atoms with Crippen LogP contribution < -0.4 is 11.1 Å². The van der Waals surface area contributed by atoms with Crippen molar-refractivity contribution in [1.82, 2.24) is 5.32 Å². The summed E-state index contributed by atoms with van der Waals surface area (Å²) in [5, 5.41) is 14.8. The fourth-order valence-electron chi connectivity index (χ4n) is 2.11. The van der Waals surface area contributed by atoms with Crippen LogP contribution in [0.2, 0.25) is 0 Å². The predicted molar refractivity (Wildman–Crippen MR) is 72.8 cm³/mol. The Morgan fingerprint density at radius 3 is 2.63 bits per heavy atom. The molecule has 1 amide bonds. The summed E-state index contributed by atoms with van der Waals surface area (Å²) in [6.07, 6.45) is 3.62. The quantitative estimate of drug-likeness (QED) is 0.323. The molecular weight excluding hydrogens is 242 g/mol. The van der Waals surface area contributed by atoms with Gasteiger partial charge in [-0.1, -0.05) is 35.5 Å². The number of carbonyl (C=O) groups is 1. The molecule has 2 rings (SSSR count). The molecule has 0 heterocycles. The minimum Gasteiger partial charge on any atom is -0.409 e. The van der Waals surface area contributed by atoms with Gasteiger partial charge in [0.1, 0.15) is 5.92 Å². The Morgan fingerprint density at radius 2 is 2.11 bits per heavy atom. The second-order valence-corrected chi connectivity index (χ2v) is 4.90. The number of nitrogens with zero attached hydrogens (tertiary/aromatic N) is 1. The fraction of sp³-hybridized carbons (Fsp3) is 0.429. The first-order chi connectivity index (χ1) is 9.20. The van der Waals surface area contributed by atoms with Crippen LogP contribution in [0, 0.1) is 5.92 Å². The lowest BCUT2D eigenvalue weighted by molar-refractivity contribution is -0.124. The van der Waals surface area contributed by atoms with Crippen LogP contribution in [0.4, 0.5) is 0 Å². The van der Waals surface area contributed by atoms with Crippen molar-refractivity contribution < 1.29 is 10.0 Å². The molecule has 0 aliphatic heterocycles. The minimum absolute atomic E-state index is 0.0410. The van der Waals surface area contributed by atoms with Crippen LogP contribution in [0.15, 0.2) is 35.5 Å². The van der Waals surface area contributed by atoms with Gasteiger partial charge in [0.2, 0.25) is 5.91 Å². The maximum absolute atomic E-state index is 12.2. The Balaban J connectivity index is 2.04. The molecule has 102 valence electrons. The number of nitrogens with one attached hydrogen (secondary N) is 1. The van der Waals surface area contributed by atoms with Crippen molar-refractivity contribution in [2.45, 2.75) is 31.7 Å². The Labute approximate surface area is 112 Å². The molecule has 0 saturated heterocycles. The summed E-state index contributed by atoms with van der Waals surface area (Å²) in [6.45, 7) is 0. The lowest BCUT2D eigenvalue weighted by Gasteiger charge is -2.28. The van der Waals surface area contributed by atoms with Crippen molar-refractivity contribution in [3.8, 4) is 0 Å². The van der Waals surface area contributed by atoms with Gasteiger partial charge >= 0.3 is 0 Å². The van der Waals surface area contributed by atoms with Crippen LogP contribution in [0.3, 0.4) is 0 Å². The molecular formula is C14H19N3O2. The summed E-state index contributed by atoms with van der Waals surface area (Å²) in [5.41, 5.74) is 6.63. The Kier molecular flexibility index (Phi) is 4.39. The normalized spacial score (nSPS) is 17.6. The number of benzene rings is 1. The topological polar surface area (TPSA) is 87.7 Å². The fourth-order valence-corrected chi connectivity index (χ4v) is 2.11. The molecule has 1 fully saturated rings. The lowest BCUT2D eigenvalue weighted by atomic mass is 9.91. The molecule has 0 bridgehead atoms. The minimum atomic E-state index is -0.618. The average molecular weight is 261 g/mol. The molecule has 0 aromatic heterocycles. The van der Waals surface area contributed by atoms with Crippen molar-refractivity contribution in [2.24, 2.45) is 16.8 Å². The zero-order valence-electron chi connectivity index (χ0n) is 10.7. The summed E-state index contributed by atoms with van der Waals surface area (Å²) in [6, 6.07) is 9.82. The smallest absolute Gasteiger partial charge is 0.231 e. The van der Waals surface area contributed by atoms with Crippen molar-refractivity contribution in [3.05, 3.63) is 35.9 Å². The second-order valence-electron chi connectivity index (χ2n) is 4.90. The Hall–Kier alpha value is -2.04. The molecule has 1 aromatic rings. The van der Waals surface area contributed by atoms with E-state index in [0.29, 0.717) is 6.42 Å². The standard InChI is InChI=1S/C14H19N3O2/c15-13(17-19)12(9-10-5-2-1-3-6-10)14(18)16-11-7-4-8-11/h1-3,5-6,11-12,19H,4,7-9H2,(H2,15,17)(H,16,18). The maximum Gasteiger partial charge on any atom is 0.231 e. The predicted octanol–water partition coefficient (Wildman–Crippen LogP) is 1.26. The van der Waals surface area contributed by atoms with E-state index in [1.807, 2.05) is 30.3 Å². The average Bonchev–Trinajstić information content (AvgIpc) is 2.40. The first-order valence-corrected chi connectivity index (χ1v) is 6.52. The van der Waals surface area contributed by atoms with Crippen molar-refractivity contribution >= 4 is 11.7 Å². The molecule has 1 aliphatic carbocycles. The number of rotatable bonds is 5. The molecule has 1 saturated carbocycles. The lowest BCUT2D eigenvalue weighted by Crippen LogP contribution is -2.46. The number of amides is 1. The third kappa shape index (κ3) is 3.47. The highest BCUT2D eigenvalue weighted by Gasteiger charge is 2.27. The highest BCUT2D eigenvalue weighted by Crippen LogP contribution is 2.19. The van der Waals surface area contributed by atoms with Gasteiger partial charge < -0.3 is 16.3 Å². The Morgan fingerprint density at radius 1 is 1.42 bits per heavy atom. The largest absolute Gasteiger partial charge is 0.409 e. The number of hydrogen-bond donors (Lipinski definition) is 3. The summed E-state index contributed by atoms with van der Waals surface area (Å²) < 4.78 is 0. The number of amidine groups is 1. The maximum atomic E-state index is 12.2. The van der Waals surface area contributed by atoms with Crippen LogP contribution in [0.1, 0.15) is 24.8 Å². The molecule has 5 heteroatoms. The van der Waals surface area contributed by atoms with E-state index in [9.17, 15) is 4.79 Å². The van der Waals surface area contributed by atoms with Crippen LogP contribution in [0.5, 0.6) is 0 Å². The molecule has 1 unspecified atom stereocenters. The highest BCUT2D eigenvalue weighted by atomic mass is 16.4. The number of hydrogen-bond acceptors (Lipinski definition) is 3. The van der Waals surface area contributed by atoms with Gasteiger partial charge in [-0.25, -0.2) is 0 Å². The third-order valence-electron chi connectivity index (χ3n) is 3.52. The van der Waals surface area contributed by atoms with Gasteiger partial charge in [-0.3, -0.25) is 4.79 Å². The van der Waals surface area contributed by atoms with E-state index in [-0.39, 0.29) is 17.8 Å². The van der Waals surface area contributed by atoms with Crippen LogP contribution >= 0.6 is 0 Å². The summed E-state index contributed by atoms with van der Waals surface area (Å²) in [5.74, 6) is -0.822. The molecule has 5 nitrogen and oxygen atoms in total. The van der Waals surface area contributed by atoms with E-state index in [1.54, 1.807) is 0 Å². The molecule has 0 radical (unpaired) electrons. The van der Waals surface area contributed by atoms with E-state index < -0.39 is 5.92 Å². The van der Waals surface area contributed by atoms with E-state index in [1.165, 1.54) is 0 Å². The molecule has 4 N–H and O–H groups in total. The van der Waals surface area contributed by atoms with Gasteiger partial charge in [-0.2, -0.15) is 0 Å². The third-order valence-corrected chi connectivity index (χ3v) is 3.52. The van der Waals surface area contributed by atoms with Gasteiger partial charge in [0.25, 0.3) is 0 Å². The first-order valence-electron chi connectivity index (χ1n) is 6.52. The van der Waals surface area contributed by atoms with Crippen molar-refractivity contribution in [3.63, 3.8) is 0 Å². The zero-order valence-corrected chi connectivity index (χ0v) is 10.7. The van der Waals surface area contributed by atoms with E-state index >= 15 is 0 Å². The number of carbonyl (C=O) groups excluding carboxylic acids is 1. The Bertz CT molecular complexity index is 455. The second kappa shape index (κ2) is 6.22. The van der Waals surface area contributed by atoms with E-state index in [2.05, 4.69) is 10.5 Å². The van der Waals surface area contributed by atoms with Crippen LogP contribution in [0.25, 0.3) is 0 Å². The summed E-state index contributed by atoms with van der Waals surface area (Å²) in [4.78, 5) is 12.2. The molecule has 0 spiro atoms. The highest BCUT2D eigenvalue weighted by molar-refractivity contribution is 6.02. The zero-order chi connectivity index (χ0) is 13.7. The van der Waals surface area contributed by atoms with Crippen molar-refractivity contribution in [2.75, 3.05) is 0 Å². The number of nitrogens with two attached hydrogens (primary N) is 1. The van der Waals surface area contributed by atoms with Crippen LogP contribution in [-0.2, 0) is 11.2 Å². The van der Waals surface area contributed by atoms with Crippen LogP contribution in [-0.4, -0.2) is 23.0 Å². The first kappa shape index (κ1) is 13.4. The SMILES string of the molecule is NC(=NO)C(Cc1ccccc1)C(=O)NC1CCC1. The molecule has 1 aliphatic rings. The van der Waals surface area contributed by atoms with E-state index in [4.69, 9.17) is 10.9 Å². The van der Waals surface area contributed by atoms with Gasteiger partial charge in [-0.15, -0.1) is 0 Å². The molecule has 19 heavy (non-hydrogen) atoms. The van der Waals surface area contributed by atoms with Gasteiger partial charge in [-0.05, 0) is 31.2 Å². The monoisotopic (exact) mass is 261 g/mol. The van der Waals surface area contributed by atoms with Gasteiger partial charge in [0, 0.05) is 6.04 Å². The van der Waals surface area contributed by atoms with E-state index in [0.717, 1.165) is 24.8 Å². The van der Waals surface area contributed by atoms with Gasteiger partial charge in [0.05, 0.1) is 0 Å².